The Morgan fingerprint density at radius 2 is 1.62 bits per heavy atom. The Kier molecular flexibility index (Phi) is 4.84. The molecule has 3 rings (SSSR count). The molecule has 5 heteroatoms. The highest BCUT2D eigenvalue weighted by atomic mass is 79.9. The van der Waals surface area contributed by atoms with E-state index in [1.165, 1.54) is 10.0 Å². The Bertz CT molecular complexity index is 646. The van der Waals surface area contributed by atoms with Gasteiger partial charge in [0.05, 0.1) is 15.7 Å². The summed E-state index contributed by atoms with van der Waals surface area (Å²) >= 11 is 19.5. The molecule has 0 unspecified atom stereocenters. The predicted molar refractivity (Wildman–Crippen MR) is 97.7 cm³/mol. The quantitative estimate of drug-likeness (QED) is 0.538. The van der Waals surface area contributed by atoms with Gasteiger partial charge in [0.15, 0.2) is 0 Å². The molecule has 0 spiro atoms. The molecular weight excluding hydrogens is 437 g/mol. The summed E-state index contributed by atoms with van der Waals surface area (Å²) in [5, 5.41) is 4.76. The van der Waals surface area contributed by atoms with Crippen LogP contribution in [0.5, 0.6) is 0 Å². The Balaban J connectivity index is 1.67. The van der Waals surface area contributed by atoms with E-state index in [0.717, 1.165) is 23.0 Å². The van der Waals surface area contributed by atoms with Crippen LogP contribution in [0, 0.1) is 0 Å². The maximum Gasteiger partial charge on any atom is 0.0721 e. The summed E-state index contributed by atoms with van der Waals surface area (Å²) in [5.41, 5.74) is 2.21. The number of anilines is 1. The first-order valence-corrected chi connectivity index (χ1v) is 9.04. The molecule has 1 saturated carbocycles. The molecule has 0 bridgehead atoms. The van der Waals surface area contributed by atoms with Crippen molar-refractivity contribution in [3.63, 3.8) is 0 Å². The van der Waals surface area contributed by atoms with Gasteiger partial charge >= 0.3 is 0 Å². The highest BCUT2D eigenvalue weighted by Gasteiger charge is 2.32. The van der Waals surface area contributed by atoms with Gasteiger partial charge in [-0.1, -0.05) is 73.3 Å². The second-order valence-corrected chi connectivity index (χ2v) is 7.86. The average Bonchev–Trinajstić information content (AvgIpc) is 2.37. The summed E-state index contributed by atoms with van der Waals surface area (Å²) in [6.45, 7) is 0. The van der Waals surface area contributed by atoms with Gasteiger partial charge in [0.1, 0.15) is 0 Å². The number of hydrogen-bond donors (Lipinski definition) is 1. The monoisotopic (exact) mass is 447 g/mol. The van der Waals surface area contributed by atoms with Crippen LogP contribution >= 0.6 is 55.1 Å². The van der Waals surface area contributed by atoms with E-state index in [4.69, 9.17) is 23.2 Å². The van der Waals surface area contributed by atoms with E-state index in [9.17, 15) is 0 Å². The molecule has 2 aromatic rings. The van der Waals surface area contributed by atoms with Crippen LogP contribution < -0.4 is 5.32 Å². The fourth-order valence-electron chi connectivity index (χ4n) is 2.68. The molecule has 0 saturated heterocycles. The lowest BCUT2D eigenvalue weighted by atomic mass is 9.76. The summed E-state index contributed by atoms with van der Waals surface area (Å²) in [5.74, 6) is 0.589. The Morgan fingerprint density at radius 1 is 1.00 bits per heavy atom. The molecule has 1 aliphatic rings. The Morgan fingerprint density at radius 3 is 2.24 bits per heavy atom. The summed E-state index contributed by atoms with van der Waals surface area (Å²) in [6, 6.07) is 12.5. The van der Waals surface area contributed by atoms with Crippen LogP contribution in [-0.2, 0) is 0 Å². The molecule has 0 aromatic heterocycles. The third kappa shape index (κ3) is 3.42. The maximum absolute atomic E-state index is 6.25. The summed E-state index contributed by atoms with van der Waals surface area (Å²) < 4.78 is 2.08. The minimum absolute atomic E-state index is 0.415. The minimum atomic E-state index is 0.415. The standard InChI is InChI=1S/C16H13Br2Cl2N/c17-10-7-14(19)16(15(20)8-10)21-11-5-9(6-11)12-3-1-2-4-13(12)18/h1-4,7-9,11,21H,5-6H2. The highest BCUT2D eigenvalue weighted by Crippen LogP contribution is 2.43. The van der Waals surface area contributed by atoms with Gasteiger partial charge in [-0.25, -0.2) is 0 Å². The largest absolute Gasteiger partial charge is 0.380 e. The van der Waals surface area contributed by atoms with Crippen LogP contribution in [0.1, 0.15) is 24.3 Å². The first kappa shape index (κ1) is 15.7. The van der Waals surface area contributed by atoms with Crippen LogP contribution in [-0.4, -0.2) is 6.04 Å². The highest BCUT2D eigenvalue weighted by molar-refractivity contribution is 9.10. The fourth-order valence-corrected chi connectivity index (χ4v) is 4.61. The predicted octanol–water partition coefficient (Wildman–Crippen LogP) is 6.88. The van der Waals surface area contributed by atoms with E-state index in [2.05, 4.69) is 55.4 Å². The summed E-state index contributed by atoms with van der Waals surface area (Å²) in [6.07, 6.45) is 2.18. The van der Waals surface area contributed by atoms with Gasteiger partial charge in [0.25, 0.3) is 0 Å². The van der Waals surface area contributed by atoms with E-state index < -0.39 is 0 Å². The van der Waals surface area contributed by atoms with Gasteiger partial charge in [-0.2, -0.15) is 0 Å². The van der Waals surface area contributed by atoms with Crippen LogP contribution in [0.15, 0.2) is 45.3 Å². The molecule has 0 atom stereocenters. The number of halogens is 4. The molecule has 110 valence electrons. The average molecular weight is 450 g/mol. The molecule has 1 nitrogen and oxygen atoms in total. The number of rotatable bonds is 3. The van der Waals surface area contributed by atoms with Crippen LogP contribution in [0.25, 0.3) is 0 Å². The van der Waals surface area contributed by atoms with Gasteiger partial charge in [-0.05, 0) is 42.5 Å². The van der Waals surface area contributed by atoms with Crippen LogP contribution in [0.2, 0.25) is 10.0 Å². The van der Waals surface area contributed by atoms with Crippen LogP contribution in [0.3, 0.4) is 0 Å². The molecule has 21 heavy (non-hydrogen) atoms. The number of nitrogens with one attached hydrogen (secondary N) is 1. The van der Waals surface area contributed by atoms with Gasteiger partial charge in [0.2, 0.25) is 0 Å². The number of hydrogen-bond acceptors (Lipinski definition) is 1. The summed E-state index contributed by atoms with van der Waals surface area (Å²) in [4.78, 5) is 0. The smallest absolute Gasteiger partial charge is 0.0721 e. The molecule has 0 aliphatic heterocycles. The van der Waals surface area contributed by atoms with Crippen molar-refractivity contribution in [3.8, 4) is 0 Å². The van der Waals surface area contributed by atoms with Gasteiger partial charge < -0.3 is 5.32 Å². The van der Waals surface area contributed by atoms with Gasteiger partial charge in [0, 0.05) is 15.0 Å². The zero-order valence-electron chi connectivity index (χ0n) is 11.0. The Labute approximate surface area is 151 Å². The molecule has 0 radical (unpaired) electrons. The van der Waals surface area contributed by atoms with E-state index in [0.29, 0.717) is 22.0 Å². The van der Waals surface area contributed by atoms with Crippen molar-refractivity contribution >= 4 is 60.7 Å². The molecule has 1 fully saturated rings. The lowest BCUT2D eigenvalue weighted by molar-refractivity contribution is 0.373. The molecular formula is C16H13Br2Cl2N. The first-order valence-electron chi connectivity index (χ1n) is 6.70. The van der Waals surface area contributed by atoms with E-state index in [-0.39, 0.29) is 0 Å². The molecule has 2 aromatic carbocycles. The molecule has 1 aliphatic carbocycles. The van der Waals surface area contributed by atoms with E-state index in [1.807, 2.05) is 18.2 Å². The Hall–Kier alpha value is -0.220. The van der Waals surface area contributed by atoms with Crippen molar-refractivity contribution in [2.45, 2.75) is 24.8 Å². The lowest BCUT2D eigenvalue weighted by Gasteiger charge is -2.37. The number of benzene rings is 2. The van der Waals surface area contributed by atoms with Crippen molar-refractivity contribution < 1.29 is 0 Å². The van der Waals surface area contributed by atoms with E-state index >= 15 is 0 Å². The fraction of sp³-hybridized carbons (Fsp3) is 0.250. The van der Waals surface area contributed by atoms with Crippen LogP contribution in [0.4, 0.5) is 5.69 Å². The minimum Gasteiger partial charge on any atom is -0.380 e. The van der Waals surface area contributed by atoms with Crippen molar-refractivity contribution in [1.82, 2.24) is 0 Å². The van der Waals surface area contributed by atoms with Gasteiger partial charge in [-0.15, -0.1) is 0 Å². The topological polar surface area (TPSA) is 12.0 Å². The maximum atomic E-state index is 6.25. The third-order valence-electron chi connectivity index (χ3n) is 3.84. The van der Waals surface area contributed by atoms with Gasteiger partial charge in [-0.3, -0.25) is 0 Å². The second-order valence-electron chi connectivity index (χ2n) is 5.28. The zero-order valence-corrected chi connectivity index (χ0v) is 15.7. The van der Waals surface area contributed by atoms with Crippen molar-refractivity contribution in [3.05, 3.63) is 61.0 Å². The van der Waals surface area contributed by atoms with Crippen molar-refractivity contribution in [2.75, 3.05) is 5.32 Å². The normalized spacial score (nSPS) is 21.0. The first-order chi connectivity index (χ1) is 10.0. The molecule has 1 N–H and O–H groups in total. The molecule has 0 amide bonds. The SMILES string of the molecule is Clc1cc(Br)cc(Cl)c1NC1CC(c2ccccc2Br)C1. The third-order valence-corrected chi connectivity index (χ3v) is 5.61. The van der Waals surface area contributed by atoms with E-state index in [1.54, 1.807) is 0 Å². The van der Waals surface area contributed by atoms with Crippen molar-refractivity contribution in [1.29, 1.82) is 0 Å². The second kappa shape index (κ2) is 6.49. The summed E-state index contributed by atoms with van der Waals surface area (Å²) in [7, 11) is 0. The van der Waals surface area contributed by atoms with Crippen molar-refractivity contribution in [2.24, 2.45) is 0 Å². The lowest BCUT2D eigenvalue weighted by Crippen LogP contribution is -2.34. The molecule has 0 heterocycles. The zero-order chi connectivity index (χ0) is 15.0.